The Balaban J connectivity index is 1.60. The predicted octanol–water partition coefficient (Wildman–Crippen LogP) is 5.69. The Bertz CT molecular complexity index is 967. The van der Waals surface area contributed by atoms with Crippen LogP contribution in [-0.2, 0) is 0 Å². The second kappa shape index (κ2) is 9.68. The van der Waals surface area contributed by atoms with Crippen molar-refractivity contribution in [1.82, 2.24) is 25.0 Å². The van der Waals surface area contributed by atoms with Gasteiger partial charge in [-0.25, -0.2) is 4.79 Å². The smallest absolute Gasteiger partial charge is 0.405 e. The minimum atomic E-state index is -0.965. The first-order valence-corrected chi connectivity index (χ1v) is 12.8. The molecular weight excluding hydrogens is 426 g/mol. The van der Waals surface area contributed by atoms with Crippen LogP contribution in [0.15, 0.2) is 30.3 Å². The minimum Gasteiger partial charge on any atom is -0.465 e. The lowest BCUT2D eigenvalue weighted by Gasteiger charge is -2.49. The molecule has 1 amide bonds. The summed E-state index contributed by atoms with van der Waals surface area (Å²) < 4.78 is 2.40. The van der Waals surface area contributed by atoms with Crippen LogP contribution in [0.1, 0.15) is 102 Å². The van der Waals surface area contributed by atoms with Crippen molar-refractivity contribution < 1.29 is 9.90 Å². The highest BCUT2D eigenvalue weighted by atomic mass is 16.4. The van der Waals surface area contributed by atoms with E-state index in [-0.39, 0.29) is 17.5 Å². The number of aryl methyl sites for hydroxylation is 1. The van der Waals surface area contributed by atoms with Crippen LogP contribution < -0.4 is 5.32 Å². The van der Waals surface area contributed by atoms with Gasteiger partial charge >= 0.3 is 6.09 Å². The van der Waals surface area contributed by atoms with E-state index in [1.54, 1.807) is 0 Å². The summed E-state index contributed by atoms with van der Waals surface area (Å²) in [6.07, 6.45) is 4.41. The van der Waals surface area contributed by atoms with Crippen molar-refractivity contribution in [3.8, 4) is 0 Å². The first kappa shape index (κ1) is 24.7. The van der Waals surface area contributed by atoms with E-state index in [0.717, 1.165) is 36.5 Å². The standard InChI is InChI=1S/C27H41N5O2/c1-17(2)25-30-29-18(3)31(25)22-14-20-12-13-21(15-22)32(20)24(27(4,5)6)16-23(28-26(33)34)19-10-8-7-9-11-19/h7-11,17,20-24,28H,12-16H2,1-6H3,(H,33,34)/t20?,21?,22?,23-,24?/m0/s1. The average Bonchev–Trinajstić information content (AvgIpc) is 3.26. The lowest BCUT2D eigenvalue weighted by atomic mass is 9.78. The van der Waals surface area contributed by atoms with Gasteiger partial charge in [-0.15, -0.1) is 10.2 Å². The van der Waals surface area contributed by atoms with Crippen molar-refractivity contribution in [2.24, 2.45) is 5.41 Å². The molecule has 0 spiro atoms. The lowest BCUT2D eigenvalue weighted by Crippen LogP contribution is -2.55. The summed E-state index contributed by atoms with van der Waals surface area (Å²) in [5.41, 5.74) is 1.05. The molecule has 2 saturated heterocycles. The number of nitrogens with zero attached hydrogens (tertiary/aromatic N) is 4. The molecule has 2 aliphatic heterocycles. The maximum atomic E-state index is 11.7. The molecule has 4 atom stereocenters. The molecule has 7 heteroatoms. The Morgan fingerprint density at radius 1 is 1.09 bits per heavy atom. The van der Waals surface area contributed by atoms with E-state index in [4.69, 9.17) is 0 Å². The summed E-state index contributed by atoms with van der Waals surface area (Å²) in [4.78, 5) is 14.4. The number of piperidine rings is 1. The zero-order valence-corrected chi connectivity index (χ0v) is 21.5. The number of rotatable bonds is 7. The van der Waals surface area contributed by atoms with Gasteiger partial charge in [0.25, 0.3) is 0 Å². The Kier molecular flexibility index (Phi) is 7.04. The van der Waals surface area contributed by atoms with Crippen molar-refractivity contribution in [2.45, 2.75) is 110 Å². The van der Waals surface area contributed by atoms with E-state index in [1.165, 1.54) is 12.8 Å². The summed E-state index contributed by atoms with van der Waals surface area (Å²) in [7, 11) is 0. The van der Waals surface area contributed by atoms with Crippen LogP contribution in [0.2, 0.25) is 0 Å². The largest absolute Gasteiger partial charge is 0.465 e. The van der Waals surface area contributed by atoms with Crippen LogP contribution in [-0.4, -0.2) is 49.0 Å². The van der Waals surface area contributed by atoms with Gasteiger partial charge in [0.2, 0.25) is 0 Å². The number of aromatic nitrogens is 3. The van der Waals surface area contributed by atoms with Gasteiger partial charge in [0.1, 0.15) is 11.6 Å². The molecule has 2 aromatic rings. The maximum absolute atomic E-state index is 11.7. The Hall–Kier alpha value is -2.41. The van der Waals surface area contributed by atoms with E-state index >= 15 is 0 Å². The third-order valence-electron chi connectivity index (χ3n) is 7.86. The van der Waals surface area contributed by atoms with E-state index in [9.17, 15) is 9.90 Å². The molecule has 2 N–H and O–H groups in total. The lowest BCUT2D eigenvalue weighted by molar-refractivity contribution is 0.00160. The van der Waals surface area contributed by atoms with Crippen LogP contribution in [0.25, 0.3) is 0 Å². The summed E-state index contributed by atoms with van der Waals surface area (Å²) in [6, 6.07) is 11.5. The first-order chi connectivity index (χ1) is 16.1. The number of carboxylic acid groups (broad SMARTS) is 1. The van der Waals surface area contributed by atoms with Crippen molar-refractivity contribution in [3.63, 3.8) is 0 Å². The van der Waals surface area contributed by atoms with Crippen molar-refractivity contribution in [2.75, 3.05) is 0 Å². The van der Waals surface area contributed by atoms with Crippen LogP contribution in [0.3, 0.4) is 0 Å². The molecular formula is C27H41N5O2. The number of nitrogens with one attached hydrogen (secondary N) is 1. The highest BCUT2D eigenvalue weighted by Gasteiger charge is 2.48. The molecule has 186 valence electrons. The van der Waals surface area contributed by atoms with Crippen molar-refractivity contribution in [1.29, 1.82) is 0 Å². The maximum Gasteiger partial charge on any atom is 0.405 e. The van der Waals surface area contributed by atoms with Gasteiger partial charge < -0.3 is 15.0 Å². The molecule has 0 aliphatic carbocycles. The summed E-state index contributed by atoms with van der Waals surface area (Å²) in [6.45, 7) is 13.4. The number of benzene rings is 1. The first-order valence-electron chi connectivity index (χ1n) is 12.8. The molecule has 0 saturated carbocycles. The van der Waals surface area contributed by atoms with Crippen LogP contribution in [0.5, 0.6) is 0 Å². The normalized spacial score (nSPS) is 24.9. The Morgan fingerprint density at radius 3 is 2.24 bits per heavy atom. The molecule has 3 heterocycles. The van der Waals surface area contributed by atoms with E-state index < -0.39 is 6.09 Å². The molecule has 1 aromatic heterocycles. The summed E-state index contributed by atoms with van der Waals surface area (Å²) in [5.74, 6) is 2.47. The van der Waals surface area contributed by atoms with Gasteiger partial charge in [-0.1, -0.05) is 65.0 Å². The molecule has 34 heavy (non-hydrogen) atoms. The highest BCUT2D eigenvalue weighted by Crippen LogP contribution is 2.47. The van der Waals surface area contributed by atoms with Gasteiger partial charge in [0, 0.05) is 30.1 Å². The highest BCUT2D eigenvalue weighted by molar-refractivity contribution is 5.65. The second-order valence-corrected chi connectivity index (χ2v) is 11.6. The molecule has 2 fully saturated rings. The quantitative estimate of drug-likeness (QED) is 0.546. The topological polar surface area (TPSA) is 83.3 Å². The summed E-state index contributed by atoms with van der Waals surface area (Å²) >= 11 is 0. The molecule has 1 aromatic carbocycles. The zero-order valence-electron chi connectivity index (χ0n) is 21.5. The SMILES string of the molecule is Cc1nnc(C(C)C)n1C1CC2CCC(C1)N2C(C[C@H](NC(=O)O)c1ccccc1)C(C)(C)C. The van der Waals surface area contributed by atoms with Gasteiger partial charge in [0.15, 0.2) is 0 Å². The number of hydrogen-bond donors (Lipinski definition) is 2. The Labute approximate surface area is 204 Å². The fourth-order valence-corrected chi connectivity index (χ4v) is 6.39. The third-order valence-corrected chi connectivity index (χ3v) is 7.86. The molecule has 2 aliphatic rings. The molecule has 2 bridgehead atoms. The van der Waals surface area contributed by atoms with Crippen LogP contribution in [0, 0.1) is 12.3 Å². The fraction of sp³-hybridized carbons (Fsp3) is 0.667. The molecule has 3 unspecified atom stereocenters. The van der Waals surface area contributed by atoms with Gasteiger partial charge in [-0.2, -0.15) is 0 Å². The second-order valence-electron chi connectivity index (χ2n) is 11.6. The number of fused-ring (bicyclic) bond motifs is 2. The van der Waals surface area contributed by atoms with Gasteiger partial charge in [-0.3, -0.25) is 4.90 Å². The van der Waals surface area contributed by atoms with Crippen LogP contribution in [0.4, 0.5) is 4.79 Å². The minimum absolute atomic E-state index is 0.0243. The number of carbonyl (C=O) groups is 1. The molecule has 0 radical (unpaired) electrons. The van der Waals surface area contributed by atoms with Gasteiger partial charge in [-0.05, 0) is 50.0 Å². The average molecular weight is 468 g/mol. The third kappa shape index (κ3) is 4.99. The molecule has 7 nitrogen and oxygen atoms in total. The van der Waals surface area contributed by atoms with E-state index in [1.807, 2.05) is 30.3 Å². The van der Waals surface area contributed by atoms with E-state index in [2.05, 4.69) is 66.5 Å². The van der Waals surface area contributed by atoms with E-state index in [0.29, 0.717) is 24.0 Å². The zero-order chi connectivity index (χ0) is 24.6. The van der Waals surface area contributed by atoms with Crippen molar-refractivity contribution in [3.05, 3.63) is 47.5 Å². The van der Waals surface area contributed by atoms with Crippen LogP contribution >= 0.6 is 0 Å². The fourth-order valence-electron chi connectivity index (χ4n) is 6.39. The summed E-state index contributed by atoms with van der Waals surface area (Å²) in [5, 5.41) is 21.3. The van der Waals surface area contributed by atoms with Gasteiger partial charge in [0.05, 0.1) is 6.04 Å². The predicted molar refractivity (Wildman–Crippen MR) is 134 cm³/mol. The number of hydrogen-bond acceptors (Lipinski definition) is 4. The Morgan fingerprint density at radius 2 is 1.71 bits per heavy atom. The monoisotopic (exact) mass is 467 g/mol. The molecule has 4 rings (SSSR count). The van der Waals surface area contributed by atoms with Crippen molar-refractivity contribution >= 4 is 6.09 Å². The number of amides is 1.